The van der Waals surface area contributed by atoms with Crippen LogP contribution in [0, 0.1) is 5.92 Å². The van der Waals surface area contributed by atoms with Gasteiger partial charge in [-0.1, -0.05) is 48.5 Å². The maximum Gasteiger partial charge on any atom is 0.410 e. The van der Waals surface area contributed by atoms with Crippen LogP contribution in [0.15, 0.2) is 48.5 Å². The smallest absolute Gasteiger partial charge is 0.410 e. The molecule has 1 amide bonds. The molecular formula is C23H23NO4. The van der Waals surface area contributed by atoms with E-state index in [4.69, 9.17) is 9.47 Å². The van der Waals surface area contributed by atoms with E-state index >= 15 is 0 Å². The Balaban J connectivity index is 1.34. The predicted octanol–water partition coefficient (Wildman–Crippen LogP) is 3.61. The number of aldehydes is 1. The van der Waals surface area contributed by atoms with Crippen molar-refractivity contribution in [2.24, 2.45) is 5.92 Å². The Labute approximate surface area is 164 Å². The van der Waals surface area contributed by atoms with Gasteiger partial charge in [0.05, 0.1) is 25.3 Å². The zero-order valence-electron chi connectivity index (χ0n) is 15.6. The number of benzene rings is 2. The summed E-state index contributed by atoms with van der Waals surface area (Å²) in [5, 5.41) is 0. The van der Waals surface area contributed by atoms with Crippen LogP contribution in [0.2, 0.25) is 0 Å². The largest absolute Gasteiger partial charge is 0.448 e. The van der Waals surface area contributed by atoms with Crippen LogP contribution >= 0.6 is 0 Å². The summed E-state index contributed by atoms with van der Waals surface area (Å²) in [6.45, 7) is 1.27. The first-order chi connectivity index (χ1) is 13.8. The molecule has 2 heterocycles. The molecule has 0 N–H and O–H groups in total. The predicted molar refractivity (Wildman–Crippen MR) is 104 cm³/mol. The summed E-state index contributed by atoms with van der Waals surface area (Å²) in [5.74, 6) is 0.0662. The van der Waals surface area contributed by atoms with Gasteiger partial charge in [-0.15, -0.1) is 0 Å². The lowest BCUT2D eigenvalue weighted by Gasteiger charge is -2.46. The van der Waals surface area contributed by atoms with E-state index < -0.39 is 0 Å². The summed E-state index contributed by atoms with van der Waals surface area (Å²) in [5.41, 5.74) is 4.85. The second-order valence-electron chi connectivity index (χ2n) is 7.92. The van der Waals surface area contributed by atoms with E-state index in [9.17, 15) is 9.59 Å². The van der Waals surface area contributed by atoms with E-state index in [1.165, 1.54) is 22.3 Å². The maximum absolute atomic E-state index is 12.9. The Morgan fingerprint density at radius 1 is 1.00 bits per heavy atom. The number of rotatable bonds is 3. The highest BCUT2D eigenvalue weighted by molar-refractivity contribution is 5.79. The molecule has 2 bridgehead atoms. The minimum Gasteiger partial charge on any atom is -0.448 e. The number of fused-ring (bicyclic) bond motifs is 5. The highest BCUT2D eigenvalue weighted by Gasteiger charge is 2.42. The number of hydrogen-bond acceptors (Lipinski definition) is 4. The fourth-order valence-corrected chi connectivity index (χ4v) is 5.04. The first-order valence-corrected chi connectivity index (χ1v) is 9.92. The first kappa shape index (κ1) is 17.4. The molecule has 0 aromatic heterocycles. The molecule has 28 heavy (non-hydrogen) atoms. The standard InChI is InChI=1S/C23H23NO4/c25-11-15-9-16-12-27-13-17(10-15)24(16)23(26)28-14-22-20-7-3-1-5-18(20)19-6-2-4-8-21(19)22/h1-8,11,15-17,22H,9-10,12-14H2. The van der Waals surface area contributed by atoms with E-state index in [2.05, 4.69) is 24.3 Å². The van der Waals surface area contributed by atoms with Gasteiger partial charge in [0.2, 0.25) is 0 Å². The van der Waals surface area contributed by atoms with Crippen LogP contribution in [0.1, 0.15) is 29.9 Å². The van der Waals surface area contributed by atoms with E-state index in [1.807, 2.05) is 29.2 Å². The molecule has 2 fully saturated rings. The monoisotopic (exact) mass is 377 g/mol. The van der Waals surface area contributed by atoms with Crippen LogP contribution in [-0.2, 0) is 14.3 Å². The van der Waals surface area contributed by atoms with Crippen LogP contribution in [0.4, 0.5) is 4.79 Å². The lowest BCUT2D eigenvalue weighted by atomic mass is 9.86. The highest BCUT2D eigenvalue weighted by atomic mass is 16.6. The van der Waals surface area contributed by atoms with E-state index in [0.717, 1.165) is 6.29 Å². The van der Waals surface area contributed by atoms with Crippen LogP contribution in [0.3, 0.4) is 0 Å². The molecule has 2 unspecified atom stereocenters. The van der Waals surface area contributed by atoms with Gasteiger partial charge in [0.25, 0.3) is 0 Å². The van der Waals surface area contributed by atoms with Crippen LogP contribution in [-0.4, -0.2) is 49.2 Å². The molecule has 2 aliphatic heterocycles. The van der Waals surface area contributed by atoms with Crippen molar-refractivity contribution >= 4 is 12.4 Å². The van der Waals surface area contributed by atoms with E-state index in [1.54, 1.807) is 0 Å². The summed E-state index contributed by atoms with van der Waals surface area (Å²) in [4.78, 5) is 26.0. The molecule has 2 aromatic carbocycles. The molecule has 2 saturated heterocycles. The molecule has 2 aromatic rings. The zero-order valence-corrected chi connectivity index (χ0v) is 15.6. The number of ether oxygens (including phenoxy) is 2. The Kier molecular flexibility index (Phi) is 4.40. The summed E-state index contributed by atoms with van der Waals surface area (Å²) in [6, 6.07) is 16.5. The second kappa shape index (κ2) is 7.06. The number of morpholine rings is 1. The third-order valence-corrected chi connectivity index (χ3v) is 6.30. The lowest BCUT2D eigenvalue weighted by molar-refractivity contribution is -0.119. The van der Waals surface area contributed by atoms with E-state index in [-0.39, 0.29) is 30.0 Å². The highest BCUT2D eigenvalue weighted by Crippen LogP contribution is 2.44. The number of carbonyl (C=O) groups is 2. The molecule has 5 heteroatoms. The van der Waals surface area contributed by atoms with Gasteiger partial charge in [0.15, 0.2) is 0 Å². The van der Waals surface area contributed by atoms with Gasteiger partial charge in [-0.2, -0.15) is 0 Å². The van der Waals surface area contributed by atoms with Crippen molar-refractivity contribution in [2.75, 3.05) is 19.8 Å². The minimum absolute atomic E-state index is 0.0107. The van der Waals surface area contributed by atoms with Crippen molar-refractivity contribution in [3.8, 4) is 11.1 Å². The molecule has 3 aliphatic rings. The van der Waals surface area contributed by atoms with Crippen molar-refractivity contribution in [1.29, 1.82) is 0 Å². The quantitative estimate of drug-likeness (QED) is 0.767. The van der Waals surface area contributed by atoms with E-state index in [0.29, 0.717) is 32.7 Å². The normalized spacial score (nSPS) is 25.7. The Morgan fingerprint density at radius 2 is 1.57 bits per heavy atom. The van der Waals surface area contributed by atoms with Crippen LogP contribution in [0.25, 0.3) is 11.1 Å². The fraction of sp³-hybridized carbons (Fsp3) is 0.391. The summed E-state index contributed by atoms with van der Waals surface area (Å²) < 4.78 is 11.4. The van der Waals surface area contributed by atoms with Gasteiger partial charge in [-0.25, -0.2) is 4.79 Å². The summed E-state index contributed by atoms with van der Waals surface area (Å²) >= 11 is 0. The second-order valence-corrected chi connectivity index (χ2v) is 7.92. The Morgan fingerprint density at radius 3 is 2.14 bits per heavy atom. The third-order valence-electron chi connectivity index (χ3n) is 6.30. The number of hydrogen-bond donors (Lipinski definition) is 0. The number of amides is 1. The maximum atomic E-state index is 12.9. The van der Waals surface area contributed by atoms with Gasteiger partial charge in [0, 0.05) is 11.8 Å². The molecule has 0 radical (unpaired) electrons. The van der Waals surface area contributed by atoms with Gasteiger partial charge in [0.1, 0.15) is 12.9 Å². The lowest BCUT2D eigenvalue weighted by Crippen LogP contribution is -2.59. The number of piperidine rings is 1. The number of carbonyl (C=O) groups excluding carboxylic acids is 2. The molecule has 5 nitrogen and oxygen atoms in total. The summed E-state index contributed by atoms with van der Waals surface area (Å²) in [6.07, 6.45) is 2.04. The zero-order chi connectivity index (χ0) is 19.1. The number of nitrogens with zero attached hydrogens (tertiary/aromatic N) is 1. The third kappa shape index (κ3) is 2.81. The van der Waals surface area contributed by atoms with Gasteiger partial charge < -0.3 is 14.3 Å². The molecule has 0 saturated carbocycles. The van der Waals surface area contributed by atoms with Crippen molar-refractivity contribution in [3.05, 3.63) is 59.7 Å². The topological polar surface area (TPSA) is 55.8 Å². The molecular weight excluding hydrogens is 354 g/mol. The molecule has 5 rings (SSSR count). The Bertz CT molecular complexity index is 851. The van der Waals surface area contributed by atoms with Gasteiger partial charge in [-0.05, 0) is 35.1 Å². The first-order valence-electron chi connectivity index (χ1n) is 9.92. The van der Waals surface area contributed by atoms with Crippen LogP contribution < -0.4 is 0 Å². The van der Waals surface area contributed by atoms with Crippen molar-refractivity contribution < 1.29 is 19.1 Å². The van der Waals surface area contributed by atoms with Crippen molar-refractivity contribution in [2.45, 2.75) is 30.8 Å². The SMILES string of the molecule is O=CC1CC2COCC(C1)N2C(=O)OCC1c2ccccc2-c2ccccc21. The van der Waals surface area contributed by atoms with Crippen LogP contribution in [0.5, 0.6) is 0 Å². The molecule has 2 atom stereocenters. The molecule has 0 spiro atoms. The van der Waals surface area contributed by atoms with Gasteiger partial charge in [-0.3, -0.25) is 4.90 Å². The fourth-order valence-electron chi connectivity index (χ4n) is 5.04. The average molecular weight is 377 g/mol. The minimum atomic E-state index is -0.287. The summed E-state index contributed by atoms with van der Waals surface area (Å²) in [7, 11) is 0. The van der Waals surface area contributed by atoms with Gasteiger partial charge >= 0.3 is 6.09 Å². The molecule has 144 valence electrons. The average Bonchev–Trinajstić information content (AvgIpc) is 3.05. The van der Waals surface area contributed by atoms with Crippen molar-refractivity contribution in [1.82, 2.24) is 4.90 Å². The molecule has 1 aliphatic carbocycles. The Hall–Kier alpha value is -2.66. The van der Waals surface area contributed by atoms with Crippen molar-refractivity contribution in [3.63, 3.8) is 0 Å².